The van der Waals surface area contributed by atoms with Gasteiger partial charge in [-0.25, -0.2) is 19.3 Å². The van der Waals surface area contributed by atoms with Crippen LogP contribution in [0.3, 0.4) is 0 Å². The van der Waals surface area contributed by atoms with E-state index in [2.05, 4.69) is 30.2 Å². The summed E-state index contributed by atoms with van der Waals surface area (Å²) in [6.07, 6.45) is -3.43. The van der Waals surface area contributed by atoms with E-state index >= 15 is 4.39 Å². The minimum absolute atomic E-state index is 0.100. The van der Waals surface area contributed by atoms with E-state index in [4.69, 9.17) is 44.6 Å². The molecule has 3 aromatic rings. The number of aromatic nitrogens is 6. The lowest BCUT2D eigenvalue weighted by atomic mass is 10.1. The van der Waals surface area contributed by atoms with Crippen molar-refractivity contribution in [2.45, 2.75) is 69.9 Å². The summed E-state index contributed by atoms with van der Waals surface area (Å²) in [5.41, 5.74) is -0.961. The first-order valence-electron chi connectivity index (χ1n) is 15.4. The number of imidazole rings is 1. The Kier molecular flexibility index (Phi) is 12.8. The predicted molar refractivity (Wildman–Crippen MR) is 174 cm³/mol. The van der Waals surface area contributed by atoms with Gasteiger partial charge in [-0.3, -0.25) is 33.5 Å². The summed E-state index contributed by atoms with van der Waals surface area (Å²) >= 11 is 5.68. The molecule has 1 aliphatic carbocycles. The Bertz CT molecular complexity index is 1820. The van der Waals surface area contributed by atoms with Gasteiger partial charge in [-0.05, 0) is 18.2 Å². The van der Waals surface area contributed by atoms with Crippen LogP contribution >= 0.6 is 15.0 Å². The van der Waals surface area contributed by atoms with Gasteiger partial charge >= 0.3 is 15.0 Å². The number of ether oxygens (including phenoxy) is 2. The number of carbonyl (C=O) groups excluding carboxylic acids is 1. The molecule has 2 aliphatic rings. The van der Waals surface area contributed by atoms with E-state index in [1.165, 1.54) is 17.1 Å². The maximum Gasteiger partial charge on any atom is 0.327 e. The maximum atomic E-state index is 16.0. The highest BCUT2D eigenvalue weighted by Gasteiger charge is 2.50. The van der Waals surface area contributed by atoms with Crippen LogP contribution in [0.25, 0.3) is 11.2 Å². The zero-order valence-electron chi connectivity index (χ0n) is 26.7. The fraction of sp³-hybridized carbons (Fsp3) is 0.593. The van der Waals surface area contributed by atoms with Crippen LogP contribution in [0, 0.1) is 23.2 Å². The fourth-order valence-corrected chi connectivity index (χ4v) is 8.01. The van der Waals surface area contributed by atoms with Crippen LogP contribution in [0.2, 0.25) is 0 Å². The van der Waals surface area contributed by atoms with Gasteiger partial charge in [-0.15, -0.1) is 0 Å². The van der Waals surface area contributed by atoms with Crippen LogP contribution < -0.4 is 15.6 Å². The Hall–Kier alpha value is -3.28. The second kappa shape index (κ2) is 16.8. The van der Waals surface area contributed by atoms with Crippen LogP contribution in [0.5, 0.6) is 5.88 Å². The van der Waals surface area contributed by atoms with Crippen LogP contribution in [-0.4, -0.2) is 95.8 Å². The highest BCUT2D eigenvalue weighted by molar-refractivity contribution is 8.07. The van der Waals surface area contributed by atoms with Crippen LogP contribution in [0.4, 0.5) is 10.3 Å². The molecular formula is C27H35FN8O11P2S. The number of aromatic amines is 1. The molecule has 5 rings (SSSR count). The summed E-state index contributed by atoms with van der Waals surface area (Å²) in [5, 5.41) is 21.5. The molecule has 2 unspecified atom stereocenters. The molecule has 0 aromatic carbocycles. The van der Waals surface area contributed by atoms with Crippen molar-refractivity contribution in [1.29, 1.82) is 5.26 Å². The molecule has 2 fully saturated rings. The summed E-state index contributed by atoms with van der Waals surface area (Å²) in [5.74, 6) is -1.34. The van der Waals surface area contributed by atoms with Crippen molar-refractivity contribution in [2.75, 3.05) is 25.1 Å². The number of aliphatic hydroxyl groups excluding tert-OH is 1. The second-order valence-corrected chi connectivity index (χ2v) is 15.3. The molecule has 19 nitrogen and oxygen atoms in total. The number of fused-ring (bicyclic) bond motifs is 1. The monoisotopic (exact) mass is 760 g/mol. The highest BCUT2D eigenvalue weighted by Crippen LogP contribution is 2.55. The Morgan fingerprint density at radius 2 is 2.16 bits per heavy atom. The standard InChI is InChI=1S/C27H35FN8O11P2S/c1-14(2)24(38)34-27-33-23-21(25(39)35-27)32-13-36(23)26-22(20(28)18(10-37)45-26)47-49(50,42-7-3-5-29)43-11-15-8-16(9-17(15)46-48(40)41)44-19-4-6-30-12-31-19/h4,6,12-18,20,22,26,37,48H,3,7-11H2,1-2H3,(H,40,41)(H2,33,34,35,38,39)/t15-,16-,17+,18-,20-,22+,26-,49?/m1/s1. The normalized spacial score (nSPS) is 26.9. The van der Waals surface area contributed by atoms with Crippen LogP contribution in [0.15, 0.2) is 29.7 Å². The topological polar surface area (TPSA) is 255 Å². The third-order valence-electron chi connectivity index (χ3n) is 7.76. The number of alkyl halides is 1. The van der Waals surface area contributed by atoms with E-state index < -0.39 is 81.7 Å². The van der Waals surface area contributed by atoms with Crippen molar-refractivity contribution in [3.05, 3.63) is 35.3 Å². The largest absolute Gasteiger partial charge is 0.474 e. The van der Waals surface area contributed by atoms with E-state index in [1.807, 2.05) is 6.07 Å². The number of H-pyrrole nitrogens is 1. The molecule has 4 heterocycles. The number of nitriles is 1. The number of halogens is 1. The molecule has 3 aromatic heterocycles. The lowest BCUT2D eigenvalue weighted by Gasteiger charge is -2.29. The molecule has 23 heteroatoms. The lowest BCUT2D eigenvalue weighted by Crippen LogP contribution is -2.32. The molecule has 0 bridgehead atoms. The van der Waals surface area contributed by atoms with Crippen molar-refractivity contribution >= 4 is 49.8 Å². The van der Waals surface area contributed by atoms with Gasteiger partial charge in [0.1, 0.15) is 24.6 Å². The molecular weight excluding hydrogens is 725 g/mol. The highest BCUT2D eigenvalue weighted by atomic mass is 32.5. The Balaban J connectivity index is 1.40. The van der Waals surface area contributed by atoms with Gasteiger partial charge in [-0.1, -0.05) is 13.8 Å². The third kappa shape index (κ3) is 9.14. The fourth-order valence-electron chi connectivity index (χ4n) is 5.35. The lowest BCUT2D eigenvalue weighted by molar-refractivity contribution is -0.118. The second-order valence-electron chi connectivity index (χ2n) is 11.6. The minimum atomic E-state index is -3.97. The first-order valence-corrected chi connectivity index (χ1v) is 19.2. The van der Waals surface area contributed by atoms with Crippen molar-refractivity contribution < 1.29 is 51.3 Å². The van der Waals surface area contributed by atoms with E-state index in [1.54, 1.807) is 19.9 Å². The number of hydrogen-bond acceptors (Lipinski definition) is 16. The molecule has 0 radical (unpaired) electrons. The van der Waals surface area contributed by atoms with Gasteiger partial charge in [0.05, 0.1) is 44.7 Å². The van der Waals surface area contributed by atoms with Gasteiger partial charge in [-0.2, -0.15) is 10.2 Å². The van der Waals surface area contributed by atoms with Crippen molar-refractivity contribution in [1.82, 2.24) is 29.5 Å². The van der Waals surface area contributed by atoms with Crippen LogP contribution in [-0.2, 0) is 44.0 Å². The van der Waals surface area contributed by atoms with Crippen molar-refractivity contribution in [3.8, 4) is 11.9 Å². The van der Waals surface area contributed by atoms with Crippen LogP contribution in [0.1, 0.15) is 39.3 Å². The molecule has 1 saturated carbocycles. The Morgan fingerprint density at radius 3 is 2.84 bits per heavy atom. The zero-order valence-corrected chi connectivity index (χ0v) is 29.4. The van der Waals surface area contributed by atoms with Gasteiger partial charge in [0, 0.05) is 30.5 Å². The van der Waals surface area contributed by atoms with E-state index in [0.717, 1.165) is 6.33 Å². The number of rotatable bonds is 16. The number of anilines is 1. The predicted octanol–water partition coefficient (Wildman–Crippen LogP) is 1.91. The molecule has 1 saturated heterocycles. The summed E-state index contributed by atoms with van der Waals surface area (Å²) < 4.78 is 63.6. The zero-order chi connectivity index (χ0) is 36.0. The van der Waals surface area contributed by atoms with E-state index in [0.29, 0.717) is 0 Å². The summed E-state index contributed by atoms with van der Waals surface area (Å²) in [6.45, 7) is -1.93. The molecule has 0 spiro atoms. The number of nitrogens with one attached hydrogen (secondary N) is 2. The summed E-state index contributed by atoms with van der Waals surface area (Å²) in [6, 6.07) is 3.46. The van der Waals surface area contributed by atoms with E-state index in [-0.39, 0.29) is 55.5 Å². The summed E-state index contributed by atoms with van der Waals surface area (Å²) in [4.78, 5) is 53.3. The van der Waals surface area contributed by atoms with Gasteiger partial charge in [0.15, 0.2) is 23.6 Å². The van der Waals surface area contributed by atoms with Crippen molar-refractivity contribution in [2.24, 2.45) is 11.8 Å². The minimum Gasteiger partial charge on any atom is -0.474 e. The number of nitrogens with zero attached hydrogens (tertiary/aromatic N) is 6. The average Bonchev–Trinajstić information content (AvgIpc) is 3.75. The summed E-state index contributed by atoms with van der Waals surface area (Å²) in [7, 11) is -3.37. The van der Waals surface area contributed by atoms with Gasteiger partial charge < -0.3 is 33.0 Å². The number of aliphatic hydroxyl groups is 1. The molecule has 9 atom stereocenters. The van der Waals surface area contributed by atoms with Crippen molar-refractivity contribution in [3.63, 3.8) is 0 Å². The molecule has 50 heavy (non-hydrogen) atoms. The molecule has 1 aliphatic heterocycles. The third-order valence-corrected chi connectivity index (χ3v) is 10.6. The smallest absolute Gasteiger partial charge is 0.327 e. The average molecular weight is 761 g/mol. The quantitative estimate of drug-likeness (QED) is 0.120. The SMILES string of the molecule is CC(C)C(=O)Nc1nc2c(ncn2[C@@H]2O[C@H](CO)[C@@H](F)[C@@H]2OP(=S)(OCCC#N)OC[C@H]2C[C@@H](Oc3ccncn3)C[C@@H]2O[PH](=O)O)c(=O)[nH]1. The first kappa shape index (κ1) is 38.0. The number of carbonyl (C=O) groups is 1. The van der Waals surface area contributed by atoms with E-state index in [9.17, 15) is 24.2 Å². The Morgan fingerprint density at radius 1 is 1.36 bits per heavy atom. The van der Waals surface area contributed by atoms with Gasteiger partial charge in [0.2, 0.25) is 17.7 Å². The Labute approximate surface area is 289 Å². The van der Waals surface area contributed by atoms with Gasteiger partial charge in [0.25, 0.3) is 5.56 Å². The molecule has 272 valence electrons. The molecule has 1 amide bonds. The first-order chi connectivity index (χ1) is 23.9. The molecule has 4 N–H and O–H groups in total. The maximum absolute atomic E-state index is 16.0. The number of amides is 1. The number of hydrogen-bond donors (Lipinski definition) is 4.